The van der Waals surface area contributed by atoms with Crippen molar-refractivity contribution in [3.63, 3.8) is 0 Å². The van der Waals surface area contributed by atoms with Gasteiger partial charge in [-0.2, -0.15) is 0 Å². The highest BCUT2D eigenvalue weighted by atomic mass is 32.2. The summed E-state index contributed by atoms with van der Waals surface area (Å²) in [6.07, 6.45) is 5.39. The molecule has 1 aromatic carbocycles. The van der Waals surface area contributed by atoms with E-state index in [-0.39, 0.29) is 5.82 Å². The van der Waals surface area contributed by atoms with Gasteiger partial charge in [-0.1, -0.05) is 6.07 Å². The van der Waals surface area contributed by atoms with Gasteiger partial charge in [-0.05, 0) is 62.2 Å². The van der Waals surface area contributed by atoms with Gasteiger partial charge < -0.3 is 10.1 Å². The third-order valence-corrected chi connectivity index (χ3v) is 5.83. The van der Waals surface area contributed by atoms with E-state index in [0.29, 0.717) is 23.0 Å². The molecule has 5 heteroatoms. The van der Waals surface area contributed by atoms with E-state index < -0.39 is 10.8 Å². The minimum Gasteiger partial charge on any atom is -0.376 e. The first kappa shape index (κ1) is 16.1. The molecule has 3 unspecified atom stereocenters. The summed E-state index contributed by atoms with van der Waals surface area (Å²) in [5.41, 5.74) is 0.549. The predicted molar refractivity (Wildman–Crippen MR) is 85.6 cm³/mol. The summed E-state index contributed by atoms with van der Waals surface area (Å²) in [4.78, 5) is 0.523. The number of rotatable bonds is 6. The monoisotopic (exact) mass is 325 g/mol. The van der Waals surface area contributed by atoms with E-state index in [1.807, 2.05) is 0 Å². The van der Waals surface area contributed by atoms with Crippen LogP contribution in [0.3, 0.4) is 0 Å². The van der Waals surface area contributed by atoms with Crippen molar-refractivity contribution in [1.29, 1.82) is 0 Å². The Hall–Kier alpha value is -0.780. The van der Waals surface area contributed by atoms with Gasteiger partial charge in [-0.25, -0.2) is 4.39 Å². The molecule has 2 fully saturated rings. The lowest BCUT2D eigenvalue weighted by Gasteiger charge is -2.22. The maximum atomic E-state index is 13.9. The Morgan fingerprint density at radius 2 is 2.14 bits per heavy atom. The highest BCUT2D eigenvalue weighted by Gasteiger charge is 2.42. The van der Waals surface area contributed by atoms with E-state index in [0.717, 1.165) is 31.5 Å². The number of ether oxygens (including phenoxy) is 1. The Bertz CT molecular complexity index is 545. The lowest BCUT2D eigenvalue weighted by molar-refractivity contribution is 0.102. The zero-order valence-electron chi connectivity index (χ0n) is 13.0. The van der Waals surface area contributed by atoms with Gasteiger partial charge in [0, 0.05) is 27.5 Å². The molecule has 0 radical (unpaired) electrons. The van der Waals surface area contributed by atoms with E-state index in [1.165, 1.54) is 25.3 Å². The summed E-state index contributed by atoms with van der Waals surface area (Å²) in [6, 6.07) is 4.75. The second-order valence-corrected chi connectivity index (χ2v) is 7.85. The first-order valence-electron chi connectivity index (χ1n) is 8.05. The third-order valence-electron chi connectivity index (χ3n) is 4.91. The maximum absolute atomic E-state index is 13.9. The van der Waals surface area contributed by atoms with Crippen molar-refractivity contribution in [2.24, 2.45) is 17.8 Å². The summed E-state index contributed by atoms with van der Waals surface area (Å²) in [7, 11) is -1.14. The van der Waals surface area contributed by atoms with E-state index >= 15 is 0 Å². The van der Waals surface area contributed by atoms with Crippen LogP contribution in [0.1, 0.15) is 24.8 Å². The smallest absolute Gasteiger partial charge is 0.129 e. The first-order valence-corrected chi connectivity index (χ1v) is 9.61. The molecule has 3 nitrogen and oxygen atoms in total. The molecule has 122 valence electrons. The van der Waals surface area contributed by atoms with Gasteiger partial charge in [0.05, 0.1) is 13.2 Å². The van der Waals surface area contributed by atoms with E-state index in [4.69, 9.17) is 4.74 Å². The minimum atomic E-state index is -1.14. The van der Waals surface area contributed by atoms with Crippen molar-refractivity contribution in [2.45, 2.75) is 30.8 Å². The van der Waals surface area contributed by atoms with Crippen molar-refractivity contribution >= 4 is 10.8 Å². The van der Waals surface area contributed by atoms with Crippen molar-refractivity contribution in [3.05, 3.63) is 29.6 Å². The molecular formula is C17H24FNO2S. The third kappa shape index (κ3) is 3.94. The Morgan fingerprint density at radius 1 is 1.36 bits per heavy atom. The molecular weight excluding hydrogens is 301 g/mol. The fourth-order valence-electron chi connectivity index (χ4n) is 3.46. The number of piperidine rings is 1. The molecule has 1 aromatic rings. The minimum absolute atomic E-state index is 0.303. The number of halogens is 1. The van der Waals surface area contributed by atoms with Crippen LogP contribution in [-0.4, -0.2) is 30.2 Å². The summed E-state index contributed by atoms with van der Waals surface area (Å²) in [6.45, 7) is 3.32. The molecule has 0 aromatic heterocycles. The van der Waals surface area contributed by atoms with Crippen LogP contribution in [0, 0.1) is 23.6 Å². The lowest BCUT2D eigenvalue weighted by atomic mass is 9.92. The van der Waals surface area contributed by atoms with Crippen LogP contribution in [0.25, 0.3) is 0 Å². The molecule has 0 spiro atoms. The normalized spacial score (nSPS) is 26.8. The summed E-state index contributed by atoms with van der Waals surface area (Å²) in [5.74, 6) is 2.01. The van der Waals surface area contributed by atoms with Crippen LogP contribution < -0.4 is 5.32 Å². The topological polar surface area (TPSA) is 38.3 Å². The largest absolute Gasteiger partial charge is 0.376 e. The standard InChI is InChI=1S/C17H24FNO2S/c1-22(20)15-3-2-13(17(18)9-15)10-21-11-14-8-16(14)12-4-6-19-7-5-12/h2-3,9,12,14,16,19H,4-8,10-11H2,1H3. The summed E-state index contributed by atoms with van der Waals surface area (Å²) < 4.78 is 30.9. The van der Waals surface area contributed by atoms with Gasteiger partial charge in [0.25, 0.3) is 0 Å². The van der Waals surface area contributed by atoms with E-state index in [9.17, 15) is 8.60 Å². The van der Waals surface area contributed by atoms with Crippen molar-refractivity contribution in [3.8, 4) is 0 Å². The predicted octanol–water partition coefficient (Wildman–Crippen LogP) is 2.72. The number of hydrogen-bond acceptors (Lipinski definition) is 3. The molecule has 3 atom stereocenters. The first-order chi connectivity index (χ1) is 10.6. The molecule has 2 aliphatic rings. The van der Waals surface area contributed by atoms with Gasteiger partial charge >= 0.3 is 0 Å². The average Bonchev–Trinajstić information content (AvgIpc) is 3.29. The zero-order valence-corrected chi connectivity index (χ0v) is 13.8. The van der Waals surface area contributed by atoms with Crippen molar-refractivity contribution in [1.82, 2.24) is 5.32 Å². The molecule has 1 aliphatic carbocycles. The Kier molecular flexibility index (Phi) is 5.26. The van der Waals surface area contributed by atoms with E-state index in [2.05, 4.69) is 5.32 Å². The van der Waals surface area contributed by atoms with Gasteiger partial charge in [0.15, 0.2) is 0 Å². The van der Waals surface area contributed by atoms with Crippen LogP contribution >= 0.6 is 0 Å². The van der Waals surface area contributed by atoms with Crippen LogP contribution in [0.15, 0.2) is 23.1 Å². The van der Waals surface area contributed by atoms with Crippen molar-refractivity contribution in [2.75, 3.05) is 26.0 Å². The lowest BCUT2D eigenvalue weighted by Crippen LogP contribution is -2.29. The molecule has 3 rings (SSSR count). The second kappa shape index (κ2) is 7.20. The second-order valence-electron chi connectivity index (χ2n) is 6.47. The van der Waals surface area contributed by atoms with Crippen LogP contribution in [0.2, 0.25) is 0 Å². The molecule has 1 saturated heterocycles. The number of benzene rings is 1. The Morgan fingerprint density at radius 3 is 2.82 bits per heavy atom. The average molecular weight is 325 g/mol. The number of nitrogens with one attached hydrogen (secondary N) is 1. The highest BCUT2D eigenvalue weighted by molar-refractivity contribution is 7.84. The molecule has 1 N–H and O–H groups in total. The van der Waals surface area contributed by atoms with Crippen molar-refractivity contribution < 1.29 is 13.3 Å². The Labute approximate surface area is 134 Å². The molecule has 22 heavy (non-hydrogen) atoms. The Balaban J connectivity index is 1.43. The maximum Gasteiger partial charge on any atom is 0.129 e. The van der Waals surface area contributed by atoms with Crippen LogP contribution in [0.4, 0.5) is 4.39 Å². The van der Waals surface area contributed by atoms with Gasteiger partial charge in [0.2, 0.25) is 0 Å². The quantitative estimate of drug-likeness (QED) is 0.874. The highest BCUT2D eigenvalue weighted by Crippen LogP contribution is 2.47. The number of hydrogen-bond donors (Lipinski definition) is 1. The summed E-state index contributed by atoms with van der Waals surface area (Å²) >= 11 is 0. The molecule has 1 saturated carbocycles. The van der Waals surface area contributed by atoms with Gasteiger partial charge in [-0.15, -0.1) is 0 Å². The molecule has 0 amide bonds. The zero-order chi connectivity index (χ0) is 15.5. The molecule has 1 heterocycles. The molecule has 0 bridgehead atoms. The van der Waals surface area contributed by atoms with Crippen LogP contribution in [-0.2, 0) is 22.1 Å². The molecule has 1 aliphatic heterocycles. The fraction of sp³-hybridized carbons (Fsp3) is 0.647. The van der Waals surface area contributed by atoms with Gasteiger partial charge in [0.1, 0.15) is 5.82 Å². The van der Waals surface area contributed by atoms with E-state index in [1.54, 1.807) is 18.4 Å². The van der Waals surface area contributed by atoms with Gasteiger partial charge in [-0.3, -0.25) is 4.21 Å². The van der Waals surface area contributed by atoms with Crippen LogP contribution in [0.5, 0.6) is 0 Å². The summed E-state index contributed by atoms with van der Waals surface area (Å²) in [5, 5.41) is 3.40. The SMILES string of the molecule is CS(=O)c1ccc(COCC2CC2C2CCNCC2)c(F)c1. The fourth-order valence-corrected chi connectivity index (χ4v) is 3.99.